The summed E-state index contributed by atoms with van der Waals surface area (Å²) in [6.45, 7) is 11.9. The molecule has 0 bridgehead atoms. The van der Waals surface area contributed by atoms with E-state index in [0.717, 1.165) is 66.9 Å². The Bertz CT molecular complexity index is 1120. The quantitative estimate of drug-likeness (QED) is 0.555. The first-order valence-corrected chi connectivity index (χ1v) is 11.4. The molecule has 33 heavy (non-hydrogen) atoms. The highest BCUT2D eigenvalue weighted by Crippen LogP contribution is 2.22. The standard InChI is InChI=1S/C26H32N4O3/c1-18-5-7-22(8-6-18)24(17-29-11-13-32-14-12-29)27-26(31)10-9-23-15-19(2)30(21(23)4)25-16-20(3)33-28-25/h5-10,15-16,24H,11-14,17H2,1-4H3,(H,27,31)/b10-9+. The van der Waals surface area contributed by atoms with Crippen LogP contribution in [0, 0.1) is 27.7 Å². The van der Waals surface area contributed by atoms with Crippen LogP contribution in [0.1, 0.15) is 39.9 Å². The molecule has 1 saturated heterocycles. The number of morpholine rings is 1. The normalized spacial score (nSPS) is 15.8. The number of aryl methyl sites for hydroxylation is 3. The third-order valence-electron chi connectivity index (χ3n) is 6.07. The second-order valence-corrected chi connectivity index (χ2v) is 8.68. The fourth-order valence-electron chi connectivity index (χ4n) is 4.23. The Labute approximate surface area is 195 Å². The van der Waals surface area contributed by atoms with Gasteiger partial charge in [-0.1, -0.05) is 35.0 Å². The van der Waals surface area contributed by atoms with Crippen molar-refractivity contribution in [3.8, 4) is 5.82 Å². The third-order valence-corrected chi connectivity index (χ3v) is 6.07. The van der Waals surface area contributed by atoms with Gasteiger partial charge in [-0.25, -0.2) is 0 Å². The number of nitrogens with one attached hydrogen (secondary N) is 1. The van der Waals surface area contributed by atoms with Crippen LogP contribution in [0.3, 0.4) is 0 Å². The Balaban J connectivity index is 1.49. The molecule has 1 aliphatic rings. The van der Waals surface area contributed by atoms with Crippen LogP contribution < -0.4 is 5.32 Å². The lowest BCUT2D eigenvalue weighted by Gasteiger charge is -2.31. The Morgan fingerprint density at radius 2 is 1.85 bits per heavy atom. The molecule has 0 radical (unpaired) electrons. The lowest BCUT2D eigenvalue weighted by Crippen LogP contribution is -2.42. The number of aromatic nitrogens is 2. The average Bonchev–Trinajstić information content (AvgIpc) is 3.34. The van der Waals surface area contributed by atoms with Crippen molar-refractivity contribution in [3.63, 3.8) is 0 Å². The topological polar surface area (TPSA) is 72.5 Å². The number of ether oxygens (including phenoxy) is 1. The van der Waals surface area contributed by atoms with Crippen molar-refractivity contribution in [1.82, 2.24) is 19.9 Å². The zero-order chi connectivity index (χ0) is 23.4. The lowest BCUT2D eigenvalue weighted by molar-refractivity contribution is -0.117. The third kappa shape index (κ3) is 5.61. The molecule has 7 nitrogen and oxygen atoms in total. The molecule has 1 aliphatic heterocycles. The van der Waals surface area contributed by atoms with Gasteiger partial charge in [0.25, 0.3) is 0 Å². The number of carbonyl (C=O) groups is 1. The molecule has 0 spiro atoms. The number of carbonyl (C=O) groups excluding carboxylic acids is 1. The number of nitrogens with zero attached hydrogens (tertiary/aromatic N) is 3. The van der Waals surface area contributed by atoms with E-state index in [0.29, 0.717) is 0 Å². The van der Waals surface area contributed by atoms with E-state index in [9.17, 15) is 4.79 Å². The molecule has 1 aromatic carbocycles. The number of benzene rings is 1. The molecule has 1 N–H and O–H groups in total. The molecule has 1 unspecified atom stereocenters. The van der Waals surface area contributed by atoms with Gasteiger partial charge in [-0.2, -0.15) is 0 Å². The Kier molecular flexibility index (Phi) is 7.11. The smallest absolute Gasteiger partial charge is 0.244 e. The molecule has 3 aromatic rings. The van der Waals surface area contributed by atoms with Gasteiger partial charge in [-0.3, -0.25) is 14.3 Å². The molecule has 4 rings (SSSR count). The van der Waals surface area contributed by atoms with Crippen molar-refractivity contribution in [2.75, 3.05) is 32.8 Å². The molecule has 2 aromatic heterocycles. The van der Waals surface area contributed by atoms with Crippen molar-refractivity contribution in [3.05, 3.63) is 76.3 Å². The van der Waals surface area contributed by atoms with Crippen molar-refractivity contribution in [2.24, 2.45) is 0 Å². The fraction of sp³-hybridized carbons (Fsp3) is 0.385. The molecule has 1 fully saturated rings. The fourth-order valence-corrected chi connectivity index (χ4v) is 4.23. The molecule has 1 amide bonds. The summed E-state index contributed by atoms with van der Waals surface area (Å²) in [5.41, 5.74) is 5.32. The number of rotatable bonds is 7. The second-order valence-electron chi connectivity index (χ2n) is 8.68. The highest BCUT2D eigenvalue weighted by atomic mass is 16.5. The predicted octanol–water partition coefficient (Wildman–Crippen LogP) is 3.90. The number of hydrogen-bond donors (Lipinski definition) is 1. The summed E-state index contributed by atoms with van der Waals surface area (Å²) < 4.78 is 12.7. The highest BCUT2D eigenvalue weighted by molar-refractivity contribution is 5.92. The van der Waals surface area contributed by atoms with E-state index >= 15 is 0 Å². The minimum atomic E-state index is -0.115. The van der Waals surface area contributed by atoms with Crippen LogP contribution in [0.2, 0.25) is 0 Å². The zero-order valence-corrected chi connectivity index (χ0v) is 19.8. The van der Waals surface area contributed by atoms with E-state index in [1.54, 1.807) is 6.08 Å². The van der Waals surface area contributed by atoms with Crippen LogP contribution >= 0.6 is 0 Å². The van der Waals surface area contributed by atoms with Crippen LogP contribution in [-0.4, -0.2) is 53.4 Å². The van der Waals surface area contributed by atoms with E-state index in [-0.39, 0.29) is 11.9 Å². The largest absolute Gasteiger partial charge is 0.379 e. The van der Waals surface area contributed by atoms with Crippen LogP contribution in [0.25, 0.3) is 11.9 Å². The van der Waals surface area contributed by atoms with E-state index in [1.807, 2.05) is 43.5 Å². The molecule has 0 saturated carbocycles. The van der Waals surface area contributed by atoms with E-state index in [2.05, 4.69) is 46.6 Å². The summed E-state index contributed by atoms with van der Waals surface area (Å²) >= 11 is 0. The number of hydrogen-bond acceptors (Lipinski definition) is 5. The second kappa shape index (κ2) is 10.2. The van der Waals surface area contributed by atoms with E-state index in [1.165, 1.54) is 5.56 Å². The van der Waals surface area contributed by atoms with Crippen LogP contribution in [0.4, 0.5) is 0 Å². The van der Waals surface area contributed by atoms with E-state index < -0.39 is 0 Å². The zero-order valence-electron chi connectivity index (χ0n) is 19.8. The Morgan fingerprint density at radius 1 is 1.12 bits per heavy atom. The minimum absolute atomic E-state index is 0.0913. The maximum absolute atomic E-state index is 12.9. The average molecular weight is 449 g/mol. The molecule has 7 heteroatoms. The van der Waals surface area contributed by atoms with Crippen molar-refractivity contribution >= 4 is 12.0 Å². The van der Waals surface area contributed by atoms with Gasteiger partial charge in [0.15, 0.2) is 5.82 Å². The summed E-state index contributed by atoms with van der Waals surface area (Å²) in [4.78, 5) is 15.2. The summed E-state index contributed by atoms with van der Waals surface area (Å²) in [7, 11) is 0. The minimum Gasteiger partial charge on any atom is -0.379 e. The van der Waals surface area contributed by atoms with Crippen LogP contribution in [0.5, 0.6) is 0 Å². The lowest BCUT2D eigenvalue weighted by atomic mass is 10.0. The molecular formula is C26H32N4O3. The van der Waals surface area contributed by atoms with Crippen LogP contribution in [0.15, 0.2) is 47.0 Å². The summed E-state index contributed by atoms with van der Waals surface area (Å²) in [5, 5.41) is 7.33. The first kappa shape index (κ1) is 23.0. The number of amides is 1. The van der Waals surface area contributed by atoms with Crippen molar-refractivity contribution < 1.29 is 14.1 Å². The van der Waals surface area contributed by atoms with Gasteiger partial charge < -0.3 is 14.6 Å². The summed E-state index contributed by atoms with van der Waals surface area (Å²) in [6, 6.07) is 12.2. The summed E-state index contributed by atoms with van der Waals surface area (Å²) in [5.74, 6) is 1.39. The highest BCUT2D eigenvalue weighted by Gasteiger charge is 2.20. The van der Waals surface area contributed by atoms with Gasteiger partial charge in [0.05, 0.1) is 19.3 Å². The van der Waals surface area contributed by atoms with E-state index in [4.69, 9.17) is 9.26 Å². The Hall–Kier alpha value is -3.16. The maximum Gasteiger partial charge on any atom is 0.244 e. The molecule has 1 atom stereocenters. The van der Waals surface area contributed by atoms with Gasteiger partial charge >= 0.3 is 0 Å². The van der Waals surface area contributed by atoms with Gasteiger partial charge in [-0.15, -0.1) is 0 Å². The molecule has 0 aliphatic carbocycles. The first-order valence-electron chi connectivity index (χ1n) is 11.4. The van der Waals surface area contributed by atoms with Gasteiger partial charge in [-0.05, 0) is 51.0 Å². The van der Waals surface area contributed by atoms with Crippen molar-refractivity contribution in [2.45, 2.75) is 33.7 Å². The Morgan fingerprint density at radius 3 is 2.52 bits per heavy atom. The maximum atomic E-state index is 12.9. The molecule has 3 heterocycles. The predicted molar refractivity (Wildman–Crippen MR) is 128 cm³/mol. The van der Waals surface area contributed by atoms with Gasteiger partial charge in [0.2, 0.25) is 5.91 Å². The monoisotopic (exact) mass is 448 g/mol. The first-order chi connectivity index (χ1) is 15.9. The summed E-state index contributed by atoms with van der Waals surface area (Å²) in [6.07, 6.45) is 3.47. The molecule has 174 valence electrons. The van der Waals surface area contributed by atoms with Gasteiger partial charge in [0, 0.05) is 43.2 Å². The SMILES string of the molecule is Cc1ccc(C(CN2CCOCC2)NC(=O)/C=C/c2cc(C)n(-c3cc(C)on3)c2C)cc1. The van der Waals surface area contributed by atoms with Crippen LogP contribution in [-0.2, 0) is 9.53 Å². The van der Waals surface area contributed by atoms with Gasteiger partial charge in [0.1, 0.15) is 5.76 Å². The molecular weight excluding hydrogens is 416 g/mol. The van der Waals surface area contributed by atoms with Crippen molar-refractivity contribution in [1.29, 1.82) is 0 Å².